The Morgan fingerprint density at radius 1 is 1.03 bits per heavy atom. The van der Waals surface area contributed by atoms with Gasteiger partial charge in [-0.3, -0.25) is 10.1 Å². The Bertz CT molecular complexity index is 1330. The largest absolute Gasteiger partial charge is 0.507 e. The second-order valence-electron chi connectivity index (χ2n) is 10.9. The van der Waals surface area contributed by atoms with Gasteiger partial charge in [0.25, 0.3) is 10.0 Å². The highest BCUT2D eigenvalue weighted by atomic mass is 32.2. The molecule has 0 bridgehead atoms. The number of aryl methyl sites for hydroxylation is 1. The minimum atomic E-state index is -4.28. The van der Waals surface area contributed by atoms with Crippen LogP contribution in [0.3, 0.4) is 0 Å². The van der Waals surface area contributed by atoms with Gasteiger partial charge in [-0.1, -0.05) is 53.7 Å². The van der Waals surface area contributed by atoms with E-state index in [4.69, 9.17) is 15.4 Å². The summed E-state index contributed by atoms with van der Waals surface area (Å²) in [6, 6.07) is 7.31. The van der Waals surface area contributed by atoms with E-state index in [0.717, 1.165) is 22.8 Å². The van der Waals surface area contributed by atoms with Gasteiger partial charge in [0.05, 0.1) is 11.5 Å². The lowest BCUT2D eigenvalue weighted by molar-refractivity contribution is -0.143. The number of sulfonamides is 1. The van der Waals surface area contributed by atoms with Crippen molar-refractivity contribution in [2.75, 3.05) is 11.9 Å². The maximum Gasteiger partial charge on any atom is 0.409 e. The number of phenolic OH excluding ortho intramolecular Hbond substituents is 1. The van der Waals surface area contributed by atoms with Gasteiger partial charge < -0.3 is 14.9 Å². The number of nitrogens with one attached hydrogen (secondary N) is 1. The quantitative estimate of drug-likeness (QED) is 0.154. The molecule has 11 nitrogen and oxygen atoms in total. The summed E-state index contributed by atoms with van der Waals surface area (Å²) in [7, 11) is -4.28. The van der Waals surface area contributed by atoms with Crippen molar-refractivity contribution < 1.29 is 33.0 Å². The molecule has 0 aliphatic heterocycles. The molecule has 0 radical (unpaired) electrons. The van der Waals surface area contributed by atoms with Crippen molar-refractivity contribution in [2.45, 2.75) is 76.5 Å². The van der Waals surface area contributed by atoms with E-state index in [1.54, 1.807) is 0 Å². The van der Waals surface area contributed by atoms with Gasteiger partial charge in [-0.05, 0) is 63.2 Å². The standard InChI is InChI=1S/C26H34N4O7S/c1-25(2,3)19-13-16(14-20(23(19)32)26(4,5)6)7-10-22(31)37-12-11-17-15-18(38(35,36)30-29-27)8-9-21(17)28-24(33)34/h8-9,13-15,28,32H,7,10-12H2,1-6H3,(H,33,34). The zero-order valence-electron chi connectivity index (χ0n) is 22.4. The number of hydrogen-bond donors (Lipinski definition) is 3. The van der Waals surface area contributed by atoms with Crippen molar-refractivity contribution in [1.29, 1.82) is 0 Å². The summed E-state index contributed by atoms with van der Waals surface area (Å²) in [4.78, 5) is 25.6. The second-order valence-corrected chi connectivity index (χ2v) is 12.5. The molecule has 206 valence electrons. The number of azide groups is 1. The van der Waals surface area contributed by atoms with Gasteiger partial charge in [0.15, 0.2) is 0 Å². The van der Waals surface area contributed by atoms with Crippen molar-refractivity contribution in [2.24, 2.45) is 4.52 Å². The summed E-state index contributed by atoms with van der Waals surface area (Å²) in [5.74, 6) is -0.231. The topological polar surface area (TPSA) is 179 Å². The number of benzene rings is 2. The van der Waals surface area contributed by atoms with E-state index < -0.39 is 22.1 Å². The lowest BCUT2D eigenvalue weighted by Gasteiger charge is -2.28. The predicted octanol–water partition coefficient (Wildman–Crippen LogP) is 5.79. The van der Waals surface area contributed by atoms with E-state index >= 15 is 0 Å². The van der Waals surface area contributed by atoms with Gasteiger partial charge >= 0.3 is 12.1 Å². The van der Waals surface area contributed by atoms with Crippen molar-refractivity contribution in [1.82, 2.24) is 0 Å². The minimum Gasteiger partial charge on any atom is -0.507 e. The molecule has 2 aromatic carbocycles. The molecule has 0 saturated carbocycles. The summed E-state index contributed by atoms with van der Waals surface area (Å²) >= 11 is 0. The summed E-state index contributed by atoms with van der Waals surface area (Å²) in [6.45, 7) is 11.9. The number of carboxylic acid groups (broad SMARTS) is 1. The SMILES string of the molecule is CC(C)(C)c1cc(CCC(=O)OCCc2cc(S(=O)(=O)N=[N+]=[N-])ccc2NC(=O)O)cc(C(C)(C)C)c1O. The molecule has 2 aromatic rings. The summed E-state index contributed by atoms with van der Waals surface area (Å²) in [5.41, 5.74) is 10.7. The Morgan fingerprint density at radius 2 is 1.61 bits per heavy atom. The van der Waals surface area contributed by atoms with Gasteiger partial charge in [-0.25, -0.2) is 13.2 Å². The summed E-state index contributed by atoms with van der Waals surface area (Å²) in [6.07, 6.45) is -0.879. The Hall–Kier alpha value is -3.76. The normalized spacial score (nSPS) is 11.9. The molecule has 0 fully saturated rings. The van der Waals surface area contributed by atoms with Gasteiger partial charge in [0, 0.05) is 28.0 Å². The predicted molar refractivity (Wildman–Crippen MR) is 143 cm³/mol. The highest BCUT2D eigenvalue weighted by Gasteiger charge is 2.26. The van der Waals surface area contributed by atoms with Crippen LogP contribution < -0.4 is 5.32 Å². The van der Waals surface area contributed by atoms with Crippen LogP contribution in [0.1, 0.15) is 70.2 Å². The third-order valence-corrected chi connectivity index (χ3v) is 6.94. The van der Waals surface area contributed by atoms with Gasteiger partial charge in [-0.15, -0.1) is 0 Å². The van der Waals surface area contributed by atoms with E-state index in [2.05, 4.69) is 14.7 Å². The minimum absolute atomic E-state index is 0.0164. The molecule has 0 aromatic heterocycles. The Labute approximate surface area is 222 Å². The summed E-state index contributed by atoms with van der Waals surface area (Å²) in [5, 5.41) is 22.1. The number of esters is 1. The van der Waals surface area contributed by atoms with Crippen LogP contribution in [0.5, 0.6) is 5.75 Å². The van der Waals surface area contributed by atoms with Crippen LogP contribution >= 0.6 is 0 Å². The first kappa shape index (κ1) is 30.5. The monoisotopic (exact) mass is 546 g/mol. The van der Waals surface area contributed by atoms with E-state index in [0.29, 0.717) is 6.42 Å². The first-order valence-corrected chi connectivity index (χ1v) is 13.4. The molecule has 38 heavy (non-hydrogen) atoms. The van der Waals surface area contributed by atoms with E-state index in [1.807, 2.05) is 53.7 Å². The zero-order valence-corrected chi connectivity index (χ0v) is 23.2. The maximum absolute atomic E-state index is 12.5. The summed E-state index contributed by atoms with van der Waals surface area (Å²) < 4.78 is 32.2. The van der Waals surface area contributed by atoms with E-state index in [-0.39, 0.29) is 52.2 Å². The molecule has 2 rings (SSSR count). The third kappa shape index (κ3) is 8.12. The number of nitrogens with zero attached hydrogens (tertiary/aromatic N) is 3. The van der Waals surface area contributed by atoms with Crippen molar-refractivity contribution >= 4 is 27.8 Å². The van der Waals surface area contributed by atoms with Gasteiger partial charge in [0.2, 0.25) is 0 Å². The molecule has 0 aliphatic rings. The lowest BCUT2D eigenvalue weighted by Crippen LogP contribution is -2.18. The molecular weight excluding hydrogens is 512 g/mol. The Kier molecular flexibility index (Phi) is 9.41. The third-order valence-electron chi connectivity index (χ3n) is 5.80. The first-order chi connectivity index (χ1) is 17.5. The molecular formula is C26H34N4O7S. The Morgan fingerprint density at radius 3 is 2.11 bits per heavy atom. The highest BCUT2D eigenvalue weighted by Crippen LogP contribution is 2.40. The second kappa shape index (κ2) is 11.7. The van der Waals surface area contributed by atoms with E-state index in [1.165, 1.54) is 12.1 Å². The molecule has 12 heteroatoms. The molecule has 1 amide bonds. The zero-order chi connectivity index (χ0) is 28.9. The van der Waals surface area contributed by atoms with Crippen LogP contribution in [0.15, 0.2) is 39.7 Å². The smallest absolute Gasteiger partial charge is 0.409 e. The van der Waals surface area contributed by atoms with Crippen molar-refractivity contribution in [3.8, 4) is 5.75 Å². The number of rotatable bonds is 9. The van der Waals surface area contributed by atoms with Crippen LogP contribution in [0, 0.1) is 0 Å². The molecule has 0 spiro atoms. The average Bonchev–Trinajstić information content (AvgIpc) is 2.77. The fourth-order valence-corrected chi connectivity index (χ4v) is 4.57. The van der Waals surface area contributed by atoms with Crippen LogP contribution in [0.4, 0.5) is 10.5 Å². The molecule has 0 atom stereocenters. The fourth-order valence-electron chi connectivity index (χ4n) is 3.85. The highest BCUT2D eigenvalue weighted by molar-refractivity contribution is 7.90. The Balaban J connectivity index is 2.15. The molecule has 0 saturated heterocycles. The van der Waals surface area contributed by atoms with Crippen LogP contribution in [0.2, 0.25) is 0 Å². The molecule has 0 heterocycles. The number of aromatic hydroxyl groups is 1. The lowest BCUT2D eigenvalue weighted by atomic mass is 9.78. The number of ether oxygens (including phenoxy) is 1. The molecule has 3 N–H and O–H groups in total. The van der Waals surface area contributed by atoms with Crippen LogP contribution in [-0.4, -0.2) is 37.3 Å². The number of carbonyl (C=O) groups excluding carboxylic acids is 1. The van der Waals surface area contributed by atoms with Crippen LogP contribution in [0.25, 0.3) is 10.4 Å². The van der Waals surface area contributed by atoms with Gasteiger partial charge in [-0.2, -0.15) is 0 Å². The van der Waals surface area contributed by atoms with Crippen molar-refractivity contribution in [3.63, 3.8) is 0 Å². The molecule has 0 unspecified atom stereocenters. The van der Waals surface area contributed by atoms with Crippen LogP contribution in [-0.2, 0) is 43.2 Å². The van der Waals surface area contributed by atoms with Gasteiger partial charge in [0.1, 0.15) is 5.75 Å². The first-order valence-electron chi connectivity index (χ1n) is 11.9. The average molecular weight is 547 g/mol. The fraction of sp³-hybridized carbons (Fsp3) is 0.462. The number of carbonyl (C=O) groups is 2. The number of hydrogen-bond acceptors (Lipinski definition) is 6. The maximum atomic E-state index is 12.5. The van der Waals surface area contributed by atoms with E-state index in [9.17, 15) is 23.1 Å². The number of amides is 1. The van der Waals surface area contributed by atoms with Crippen molar-refractivity contribution in [3.05, 3.63) is 63.0 Å². The number of anilines is 1. The molecule has 0 aliphatic carbocycles. The number of phenols is 1.